The van der Waals surface area contributed by atoms with Crippen molar-refractivity contribution < 1.29 is 9.53 Å². The average Bonchev–Trinajstić information content (AvgIpc) is 3.08. The highest BCUT2D eigenvalue weighted by Gasteiger charge is 2.19. The van der Waals surface area contributed by atoms with Crippen LogP contribution in [0.5, 0.6) is 0 Å². The summed E-state index contributed by atoms with van der Waals surface area (Å²) in [5.74, 6) is -0.0579. The fourth-order valence-corrected chi connectivity index (χ4v) is 3.35. The molecule has 2 saturated heterocycles. The van der Waals surface area contributed by atoms with Crippen LogP contribution in [0.1, 0.15) is 41.6 Å². The van der Waals surface area contributed by atoms with Crippen LogP contribution in [0.4, 0.5) is 5.69 Å². The molecule has 3 rings (SSSR count). The molecule has 0 spiro atoms. The topological polar surface area (TPSA) is 67.6 Å². The molecule has 0 atom stereocenters. The summed E-state index contributed by atoms with van der Waals surface area (Å²) in [5.41, 5.74) is 8.36. The molecule has 126 valence electrons. The van der Waals surface area contributed by atoms with Gasteiger partial charge in [0.15, 0.2) is 0 Å². The SMILES string of the molecule is Nc1ccc(CCN2CCCC2)cc1C(=O)NC1CCOCC1. The molecule has 2 aliphatic rings. The Morgan fingerprint density at radius 2 is 2.00 bits per heavy atom. The van der Waals surface area contributed by atoms with Gasteiger partial charge in [-0.3, -0.25) is 4.79 Å². The lowest BCUT2D eigenvalue weighted by Crippen LogP contribution is -2.39. The van der Waals surface area contributed by atoms with E-state index < -0.39 is 0 Å². The van der Waals surface area contributed by atoms with Crippen molar-refractivity contribution in [2.24, 2.45) is 0 Å². The number of anilines is 1. The third-order valence-corrected chi connectivity index (χ3v) is 4.83. The minimum atomic E-state index is -0.0579. The van der Waals surface area contributed by atoms with Crippen molar-refractivity contribution in [1.29, 1.82) is 0 Å². The predicted molar refractivity (Wildman–Crippen MR) is 91.5 cm³/mol. The van der Waals surface area contributed by atoms with Gasteiger partial charge < -0.3 is 20.7 Å². The van der Waals surface area contributed by atoms with Crippen molar-refractivity contribution in [3.8, 4) is 0 Å². The zero-order chi connectivity index (χ0) is 16.1. The Labute approximate surface area is 138 Å². The molecule has 5 heteroatoms. The number of nitrogens with one attached hydrogen (secondary N) is 1. The summed E-state index contributed by atoms with van der Waals surface area (Å²) in [6.45, 7) is 4.90. The standard InChI is InChI=1S/C18H27N3O2/c19-17-4-3-14(5-10-21-8-1-2-9-21)13-16(17)18(22)20-15-6-11-23-12-7-15/h3-4,13,15H,1-2,5-12,19H2,(H,20,22). The summed E-state index contributed by atoms with van der Waals surface area (Å²) in [6.07, 6.45) is 5.33. The van der Waals surface area contributed by atoms with Crippen molar-refractivity contribution in [2.45, 2.75) is 38.1 Å². The molecule has 5 nitrogen and oxygen atoms in total. The second kappa shape index (κ2) is 7.79. The van der Waals surface area contributed by atoms with E-state index in [1.807, 2.05) is 18.2 Å². The van der Waals surface area contributed by atoms with Crippen molar-refractivity contribution in [3.63, 3.8) is 0 Å². The molecule has 0 aliphatic carbocycles. The highest BCUT2D eigenvalue weighted by Crippen LogP contribution is 2.17. The first-order valence-electron chi connectivity index (χ1n) is 8.72. The highest BCUT2D eigenvalue weighted by molar-refractivity contribution is 5.99. The van der Waals surface area contributed by atoms with Gasteiger partial charge in [-0.2, -0.15) is 0 Å². The Morgan fingerprint density at radius 1 is 1.26 bits per heavy atom. The molecule has 0 unspecified atom stereocenters. The van der Waals surface area contributed by atoms with Gasteiger partial charge in [0.05, 0.1) is 5.56 Å². The minimum Gasteiger partial charge on any atom is -0.398 e. The molecule has 1 amide bonds. The number of carbonyl (C=O) groups excluding carboxylic acids is 1. The van der Waals surface area contributed by atoms with Gasteiger partial charge in [-0.05, 0) is 62.9 Å². The number of nitrogens with zero attached hydrogens (tertiary/aromatic N) is 1. The Hall–Kier alpha value is -1.59. The Balaban J connectivity index is 1.60. The van der Waals surface area contributed by atoms with Gasteiger partial charge in [0.1, 0.15) is 0 Å². The molecule has 23 heavy (non-hydrogen) atoms. The normalized spacial score (nSPS) is 19.8. The molecule has 0 aromatic heterocycles. The number of nitrogen functional groups attached to an aromatic ring is 1. The zero-order valence-corrected chi connectivity index (χ0v) is 13.7. The molecule has 2 heterocycles. The Bertz CT molecular complexity index is 535. The van der Waals surface area contributed by atoms with Gasteiger partial charge in [0.2, 0.25) is 0 Å². The average molecular weight is 317 g/mol. The summed E-state index contributed by atoms with van der Waals surface area (Å²) in [7, 11) is 0. The van der Waals surface area contributed by atoms with Crippen molar-refractivity contribution in [2.75, 3.05) is 38.6 Å². The Morgan fingerprint density at radius 3 is 2.74 bits per heavy atom. The maximum absolute atomic E-state index is 12.5. The summed E-state index contributed by atoms with van der Waals surface area (Å²) in [5, 5.41) is 3.09. The van der Waals surface area contributed by atoms with Crippen LogP contribution in [0, 0.1) is 0 Å². The molecule has 3 N–H and O–H groups in total. The van der Waals surface area contributed by atoms with Gasteiger partial charge >= 0.3 is 0 Å². The van der Waals surface area contributed by atoms with Crippen LogP contribution in [-0.4, -0.2) is 49.7 Å². The number of hydrogen-bond donors (Lipinski definition) is 2. The van der Waals surface area contributed by atoms with E-state index in [4.69, 9.17) is 10.5 Å². The van der Waals surface area contributed by atoms with Crippen LogP contribution in [0.3, 0.4) is 0 Å². The number of ether oxygens (including phenoxy) is 1. The lowest BCUT2D eigenvalue weighted by Gasteiger charge is -2.23. The molecule has 1 aromatic rings. The lowest BCUT2D eigenvalue weighted by atomic mass is 10.0. The van der Waals surface area contributed by atoms with E-state index in [9.17, 15) is 4.79 Å². The third kappa shape index (κ3) is 4.45. The van der Waals surface area contributed by atoms with E-state index in [0.29, 0.717) is 11.3 Å². The monoisotopic (exact) mass is 317 g/mol. The van der Waals surface area contributed by atoms with Crippen molar-refractivity contribution in [3.05, 3.63) is 29.3 Å². The number of rotatable bonds is 5. The summed E-state index contributed by atoms with van der Waals surface area (Å²) < 4.78 is 5.33. The molecule has 0 radical (unpaired) electrons. The number of hydrogen-bond acceptors (Lipinski definition) is 4. The van der Waals surface area contributed by atoms with Gasteiger partial charge in [-0.1, -0.05) is 6.07 Å². The number of carbonyl (C=O) groups is 1. The molecular formula is C18H27N3O2. The second-order valence-corrected chi connectivity index (χ2v) is 6.58. The number of nitrogens with two attached hydrogens (primary N) is 1. The van der Waals surface area contributed by atoms with E-state index in [1.54, 1.807) is 0 Å². The zero-order valence-electron chi connectivity index (χ0n) is 13.7. The largest absolute Gasteiger partial charge is 0.398 e. The summed E-state index contributed by atoms with van der Waals surface area (Å²) in [4.78, 5) is 15.0. The van der Waals surface area contributed by atoms with E-state index >= 15 is 0 Å². The molecule has 2 fully saturated rings. The van der Waals surface area contributed by atoms with Crippen LogP contribution in [0.25, 0.3) is 0 Å². The maximum Gasteiger partial charge on any atom is 0.253 e. The predicted octanol–water partition coefficient (Wildman–Crippen LogP) is 1.82. The number of benzene rings is 1. The summed E-state index contributed by atoms with van der Waals surface area (Å²) in [6, 6.07) is 6.05. The molecule has 0 saturated carbocycles. The van der Waals surface area contributed by atoms with Crippen LogP contribution >= 0.6 is 0 Å². The second-order valence-electron chi connectivity index (χ2n) is 6.58. The fraction of sp³-hybridized carbons (Fsp3) is 0.611. The van der Waals surface area contributed by atoms with E-state index in [0.717, 1.165) is 39.0 Å². The first-order valence-corrected chi connectivity index (χ1v) is 8.72. The maximum atomic E-state index is 12.5. The fourth-order valence-electron chi connectivity index (χ4n) is 3.35. The van der Waals surface area contributed by atoms with Gasteiger partial charge in [-0.25, -0.2) is 0 Å². The lowest BCUT2D eigenvalue weighted by molar-refractivity contribution is 0.0697. The van der Waals surface area contributed by atoms with E-state index in [2.05, 4.69) is 10.2 Å². The minimum absolute atomic E-state index is 0.0579. The summed E-state index contributed by atoms with van der Waals surface area (Å²) >= 11 is 0. The molecular weight excluding hydrogens is 290 g/mol. The van der Waals surface area contributed by atoms with Crippen LogP contribution in [0.2, 0.25) is 0 Å². The van der Waals surface area contributed by atoms with Gasteiger partial charge in [0.25, 0.3) is 5.91 Å². The van der Waals surface area contributed by atoms with Gasteiger partial charge in [-0.15, -0.1) is 0 Å². The van der Waals surface area contributed by atoms with Crippen molar-refractivity contribution in [1.82, 2.24) is 10.2 Å². The van der Waals surface area contributed by atoms with Crippen LogP contribution in [-0.2, 0) is 11.2 Å². The quantitative estimate of drug-likeness (QED) is 0.813. The highest BCUT2D eigenvalue weighted by atomic mass is 16.5. The first kappa shape index (κ1) is 16.3. The number of likely N-dealkylation sites (tertiary alicyclic amines) is 1. The molecule has 1 aromatic carbocycles. The van der Waals surface area contributed by atoms with Gasteiger partial charge in [0, 0.05) is 31.5 Å². The Kier molecular flexibility index (Phi) is 5.51. The van der Waals surface area contributed by atoms with Crippen molar-refractivity contribution >= 4 is 11.6 Å². The first-order chi connectivity index (χ1) is 11.2. The smallest absolute Gasteiger partial charge is 0.253 e. The molecule has 2 aliphatic heterocycles. The van der Waals surface area contributed by atoms with E-state index in [-0.39, 0.29) is 11.9 Å². The van der Waals surface area contributed by atoms with Crippen LogP contribution < -0.4 is 11.1 Å². The molecule has 0 bridgehead atoms. The third-order valence-electron chi connectivity index (χ3n) is 4.83. The van der Waals surface area contributed by atoms with Crippen LogP contribution in [0.15, 0.2) is 18.2 Å². The van der Waals surface area contributed by atoms with E-state index in [1.165, 1.54) is 31.5 Å². The number of amides is 1.